The van der Waals surface area contributed by atoms with Crippen LogP contribution in [0.3, 0.4) is 0 Å². The van der Waals surface area contributed by atoms with Gasteiger partial charge in [-0.2, -0.15) is 0 Å². The molecule has 0 aliphatic carbocycles. The normalized spacial score (nSPS) is 28.8. The van der Waals surface area contributed by atoms with Crippen LogP contribution in [0.25, 0.3) is 0 Å². The molecule has 2 N–H and O–H groups in total. The number of ether oxygens (including phenoxy) is 1. The smallest absolute Gasteiger partial charge is 0.251 e. The number of amides is 2. The molecule has 38 heavy (non-hydrogen) atoms. The quantitative estimate of drug-likeness (QED) is 0.511. The van der Waals surface area contributed by atoms with Crippen molar-refractivity contribution in [1.82, 2.24) is 4.90 Å². The molecule has 192 valence electrons. The maximum atomic E-state index is 14.8. The first-order valence-electron chi connectivity index (χ1n) is 13.3. The third-order valence-electron chi connectivity index (χ3n) is 8.99. The van der Waals surface area contributed by atoms with Crippen LogP contribution >= 0.6 is 0 Å². The maximum absolute atomic E-state index is 14.8. The van der Waals surface area contributed by atoms with Crippen molar-refractivity contribution in [3.8, 4) is 5.75 Å². The van der Waals surface area contributed by atoms with E-state index in [0.717, 1.165) is 24.0 Å². The second-order valence-electron chi connectivity index (χ2n) is 10.7. The number of fused-ring (bicyclic) bond motifs is 7. The van der Waals surface area contributed by atoms with Gasteiger partial charge in [-0.3, -0.25) is 19.3 Å². The number of carbonyl (C=O) groups is 3. The summed E-state index contributed by atoms with van der Waals surface area (Å²) in [6.07, 6.45) is 1.57. The first-order chi connectivity index (χ1) is 18.5. The number of benzene rings is 3. The Balaban J connectivity index is 1.58. The van der Waals surface area contributed by atoms with E-state index in [-0.39, 0.29) is 23.6 Å². The molecule has 4 atom stereocenters. The maximum Gasteiger partial charge on any atom is 0.251 e. The van der Waals surface area contributed by atoms with Crippen molar-refractivity contribution in [3.05, 3.63) is 89.0 Å². The van der Waals surface area contributed by atoms with Gasteiger partial charge in [-0.25, -0.2) is 0 Å². The van der Waals surface area contributed by atoms with E-state index in [2.05, 4.69) is 15.5 Å². The molecule has 2 spiro atoms. The van der Waals surface area contributed by atoms with Gasteiger partial charge >= 0.3 is 0 Å². The van der Waals surface area contributed by atoms with Crippen LogP contribution in [0, 0.1) is 12.8 Å². The molecule has 4 aliphatic rings. The molecule has 3 aromatic rings. The number of Topliss-reactive ketones (excluding diaryl/α,β-unsaturated/α-hetero) is 1. The lowest BCUT2D eigenvalue weighted by Gasteiger charge is -2.43. The Kier molecular flexibility index (Phi) is 4.89. The van der Waals surface area contributed by atoms with Crippen LogP contribution in [0.5, 0.6) is 5.75 Å². The highest BCUT2D eigenvalue weighted by atomic mass is 16.5. The number of aryl methyl sites for hydroxylation is 1. The van der Waals surface area contributed by atoms with Gasteiger partial charge in [-0.1, -0.05) is 48.0 Å². The topological polar surface area (TPSA) is 87.7 Å². The summed E-state index contributed by atoms with van der Waals surface area (Å²) >= 11 is 0. The molecule has 0 unspecified atom stereocenters. The van der Waals surface area contributed by atoms with Gasteiger partial charge < -0.3 is 15.4 Å². The Morgan fingerprint density at radius 1 is 0.974 bits per heavy atom. The number of nitrogens with zero attached hydrogens (tertiary/aromatic N) is 1. The molecular weight excluding hydrogens is 478 g/mol. The molecule has 7 heteroatoms. The molecule has 0 bridgehead atoms. The zero-order valence-electron chi connectivity index (χ0n) is 21.4. The van der Waals surface area contributed by atoms with E-state index in [1.54, 1.807) is 12.1 Å². The van der Waals surface area contributed by atoms with Crippen LogP contribution in [0.2, 0.25) is 0 Å². The van der Waals surface area contributed by atoms with Crippen LogP contribution in [0.1, 0.15) is 46.8 Å². The molecule has 2 fully saturated rings. The minimum absolute atomic E-state index is 0.163. The van der Waals surface area contributed by atoms with Crippen LogP contribution in [0.4, 0.5) is 11.4 Å². The Bertz CT molecular complexity index is 1530. The number of rotatable bonds is 4. The Morgan fingerprint density at radius 3 is 2.55 bits per heavy atom. The molecule has 0 aromatic heterocycles. The molecule has 0 saturated carbocycles. The van der Waals surface area contributed by atoms with E-state index >= 15 is 0 Å². The van der Waals surface area contributed by atoms with E-state index < -0.39 is 16.9 Å². The second-order valence-corrected chi connectivity index (χ2v) is 10.7. The summed E-state index contributed by atoms with van der Waals surface area (Å²) in [6, 6.07) is 20.4. The average molecular weight is 508 g/mol. The fraction of sp³-hybridized carbons (Fsp3) is 0.323. The second kappa shape index (κ2) is 8.01. The van der Waals surface area contributed by atoms with Gasteiger partial charge in [0.05, 0.1) is 18.1 Å². The third-order valence-corrected chi connectivity index (χ3v) is 8.99. The van der Waals surface area contributed by atoms with E-state index in [1.165, 1.54) is 0 Å². The SMILES string of the molecule is CCOc1ccccc1C(=O)[C@@H]1[C@H]2CCCN2[C@]2(C(=O)Nc3ccc(C)cc32)[C@]12C(=O)Nc1ccccc12. The highest BCUT2D eigenvalue weighted by Crippen LogP contribution is 2.68. The van der Waals surface area contributed by atoms with Crippen LogP contribution < -0.4 is 15.4 Å². The van der Waals surface area contributed by atoms with Gasteiger partial charge in [0.15, 0.2) is 5.78 Å². The summed E-state index contributed by atoms with van der Waals surface area (Å²) in [6.45, 7) is 4.91. The summed E-state index contributed by atoms with van der Waals surface area (Å²) in [7, 11) is 0. The molecule has 4 aliphatic heterocycles. The summed E-state index contributed by atoms with van der Waals surface area (Å²) < 4.78 is 5.87. The Hall–Kier alpha value is -3.97. The Labute approximate surface area is 221 Å². The fourth-order valence-electron chi connectivity index (χ4n) is 7.81. The van der Waals surface area contributed by atoms with Crippen LogP contribution in [-0.4, -0.2) is 41.7 Å². The summed E-state index contributed by atoms with van der Waals surface area (Å²) in [4.78, 5) is 46.0. The van der Waals surface area contributed by atoms with Gasteiger partial charge in [0.2, 0.25) is 5.91 Å². The third kappa shape index (κ3) is 2.59. The highest BCUT2D eigenvalue weighted by molar-refractivity contribution is 6.21. The monoisotopic (exact) mass is 507 g/mol. The lowest BCUT2D eigenvalue weighted by molar-refractivity contribution is -0.137. The number of ketones is 1. The number of hydrogen-bond acceptors (Lipinski definition) is 5. The number of nitrogens with one attached hydrogen (secondary N) is 2. The van der Waals surface area contributed by atoms with Gasteiger partial charge in [0, 0.05) is 23.0 Å². The molecule has 4 heterocycles. The van der Waals surface area contributed by atoms with E-state index in [1.807, 2.05) is 68.4 Å². The van der Waals surface area contributed by atoms with E-state index in [9.17, 15) is 14.4 Å². The molecule has 2 amide bonds. The average Bonchev–Trinajstić information content (AvgIpc) is 3.63. The summed E-state index contributed by atoms with van der Waals surface area (Å²) in [5.41, 5.74) is 1.47. The van der Waals surface area contributed by atoms with Gasteiger partial charge in [0.25, 0.3) is 5.91 Å². The van der Waals surface area contributed by atoms with Crippen LogP contribution in [0.15, 0.2) is 66.7 Å². The number of hydrogen-bond donors (Lipinski definition) is 2. The predicted octanol–water partition coefficient (Wildman–Crippen LogP) is 4.41. The molecule has 0 radical (unpaired) electrons. The van der Waals surface area contributed by atoms with Crippen molar-refractivity contribution >= 4 is 29.0 Å². The number of anilines is 2. The summed E-state index contributed by atoms with van der Waals surface area (Å²) in [5.74, 6) is -0.995. The van der Waals surface area contributed by atoms with Crippen molar-refractivity contribution < 1.29 is 19.1 Å². The van der Waals surface area contributed by atoms with Crippen molar-refractivity contribution in [1.29, 1.82) is 0 Å². The zero-order chi connectivity index (χ0) is 26.2. The number of para-hydroxylation sites is 2. The van der Waals surface area contributed by atoms with Crippen molar-refractivity contribution in [2.75, 3.05) is 23.8 Å². The molecule has 7 rings (SSSR count). The number of carbonyl (C=O) groups excluding carboxylic acids is 3. The lowest BCUT2D eigenvalue weighted by Crippen LogP contribution is -2.62. The van der Waals surface area contributed by atoms with Gasteiger partial charge in [-0.15, -0.1) is 0 Å². The molecule has 2 saturated heterocycles. The van der Waals surface area contributed by atoms with Gasteiger partial charge in [0.1, 0.15) is 16.7 Å². The molecular formula is C31H29N3O4. The highest BCUT2D eigenvalue weighted by Gasteiger charge is 2.81. The van der Waals surface area contributed by atoms with E-state index in [0.29, 0.717) is 41.4 Å². The minimum atomic E-state index is -1.45. The van der Waals surface area contributed by atoms with Crippen molar-refractivity contribution in [2.24, 2.45) is 5.92 Å². The zero-order valence-corrected chi connectivity index (χ0v) is 21.4. The first-order valence-corrected chi connectivity index (χ1v) is 13.3. The van der Waals surface area contributed by atoms with Crippen molar-refractivity contribution in [2.45, 2.75) is 43.7 Å². The van der Waals surface area contributed by atoms with Crippen molar-refractivity contribution in [3.63, 3.8) is 0 Å². The predicted molar refractivity (Wildman–Crippen MR) is 143 cm³/mol. The molecule has 3 aromatic carbocycles. The fourth-order valence-corrected chi connectivity index (χ4v) is 7.81. The summed E-state index contributed by atoms with van der Waals surface area (Å²) in [5, 5.41) is 6.19. The molecule has 7 nitrogen and oxygen atoms in total. The first kappa shape index (κ1) is 23.2. The van der Waals surface area contributed by atoms with Gasteiger partial charge in [-0.05, 0) is 63.1 Å². The lowest BCUT2D eigenvalue weighted by atomic mass is 9.57. The minimum Gasteiger partial charge on any atom is -0.493 e. The standard InChI is InChI=1S/C31H29N3O4/c1-3-38-25-13-7-4-9-19(25)27(35)26-24-12-8-16-34(24)31(21-17-18(2)14-15-23(21)33-29(31)37)30(26)20-10-5-6-11-22(20)32-28(30)36/h4-7,9-11,13-15,17,24,26H,3,8,12,16H2,1-2H3,(H,32,36)(H,33,37)/t24-,26+,30+,31-/m1/s1. The largest absolute Gasteiger partial charge is 0.493 e. The van der Waals surface area contributed by atoms with E-state index in [4.69, 9.17) is 4.74 Å². The Morgan fingerprint density at radius 2 is 1.71 bits per heavy atom. The van der Waals surface area contributed by atoms with Crippen LogP contribution in [-0.2, 0) is 20.5 Å².